The van der Waals surface area contributed by atoms with Crippen LogP contribution >= 0.6 is 0 Å². The number of rotatable bonds is 3. The van der Waals surface area contributed by atoms with E-state index < -0.39 is 6.09 Å². The molecule has 1 atom stereocenters. The molecule has 25 heavy (non-hydrogen) atoms. The third kappa shape index (κ3) is 2.88. The number of nitrogens with one attached hydrogen (secondary N) is 2. The number of carboxylic acid groups (broad SMARTS) is 1. The SMILES string of the molecule is Cc1noc(-c2cnc3[nH]ccc3c2N[C@@H]2CCCN(C(=O)O)C2)n1. The van der Waals surface area contributed by atoms with Gasteiger partial charge in [0.05, 0.1) is 11.3 Å². The van der Waals surface area contributed by atoms with Crippen LogP contribution in [0.2, 0.25) is 0 Å². The van der Waals surface area contributed by atoms with E-state index in [1.807, 2.05) is 12.3 Å². The maximum absolute atomic E-state index is 11.3. The lowest BCUT2D eigenvalue weighted by Gasteiger charge is -2.32. The Balaban J connectivity index is 1.72. The highest BCUT2D eigenvalue weighted by atomic mass is 16.5. The Morgan fingerprint density at radius 1 is 1.52 bits per heavy atom. The summed E-state index contributed by atoms with van der Waals surface area (Å²) in [5, 5.41) is 17.5. The van der Waals surface area contributed by atoms with E-state index >= 15 is 0 Å². The van der Waals surface area contributed by atoms with Gasteiger partial charge in [0.1, 0.15) is 5.65 Å². The molecular weight excluding hydrogens is 324 g/mol. The summed E-state index contributed by atoms with van der Waals surface area (Å²) in [6.45, 7) is 2.76. The van der Waals surface area contributed by atoms with Crippen LogP contribution in [0.1, 0.15) is 18.7 Å². The fraction of sp³-hybridized carbons (Fsp3) is 0.375. The van der Waals surface area contributed by atoms with Gasteiger partial charge in [0, 0.05) is 36.9 Å². The van der Waals surface area contributed by atoms with Gasteiger partial charge in [-0.25, -0.2) is 9.78 Å². The van der Waals surface area contributed by atoms with E-state index in [0.717, 1.165) is 29.6 Å². The second kappa shape index (κ2) is 6.08. The van der Waals surface area contributed by atoms with E-state index in [2.05, 4.69) is 25.4 Å². The molecule has 3 aromatic heterocycles. The zero-order valence-electron chi connectivity index (χ0n) is 13.7. The Hall–Kier alpha value is -3.10. The first-order valence-corrected chi connectivity index (χ1v) is 8.13. The summed E-state index contributed by atoms with van der Waals surface area (Å²) in [4.78, 5) is 24.5. The molecule has 1 aliphatic rings. The molecule has 1 aliphatic heterocycles. The average molecular weight is 342 g/mol. The summed E-state index contributed by atoms with van der Waals surface area (Å²) in [5.41, 5.74) is 2.28. The molecule has 0 aliphatic carbocycles. The van der Waals surface area contributed by atoms with Gasteiger partial charge in [-0.05, 0) is 25.8 Å². The van der Waals surface area contributed by atoms with Crippen molar-refractivity contribution in [2.24, 2.45) is 0 Å². The molecule has 1 saturated heterocycles. The Morgan fingerprint density at radius 3 is 3.16 bits per heavy atom. The minimum absolute atomic E-state index is 0.00752. The van der Waals surface area contributed by atoms with Gasteiger partial charge in [0.25, 0.3) is 5.89 Å². The average Bonchev–Trinajstić information content (AvgIpc) is 3.24. The molecule has 3 aromatic rings. The number of likely N-dealkylation sites (tertiary alicyclic amines) is 1. The number of carbonyl (C=O) groups is 1. The molecule has 4 heterocycles. The quantitative estimate of drug-likeness (QED) is 0.668. The maximum Gasteiger partial charge on any atom is 0.407 e. The molecule has 1 amide bonds. The van der Waals surface area contributed by atoms with E-state index in [1.54, 1.807) is 13.1 Å². The minimum atomic E-state index is -0.888. The Kier molecular flexibility index (Phi) is 3.75. The number of anilines is 1. The van der Waals surface area contributed by atoms with E-state index in [4.69, 9.17) is 4.52 Å². The van der Waals surface area contributed by atoms with Crippen LogP contribution in [0.15, 0.2) is 23.0 Å². The second-order valence-electron chi connectivity index (χ2n) is 6.15. The van der Waals surface area contributed by atoms with Crippen LogP contribution < -0.4 is 5.32 Å². The number of hydrogen-bond acceptors (Lipinski definition) is 6. The first kappa shape index (κ1) is 15.4. The minimum Gasteiger partial charge on any atom is -0.465 e. The van der Waals surface area contributed by atoms with Crippen LogP contribution in [0.3, 0.4) is 0 Å². The fourth-order valence-electron chi connectivity index (χ4n) is 3.20. The number of hydrogen-bond donors (Lipinski definition) is 3. The standard InChI is InChI=1S/C16H18N6O3/c1-9-19-15(25-21-9)12-7-18-14-11(4-5-17-14)13(12)20-10-3-2-6-22(8-10)16(23)24/h4-5,7,10H,2-3,6,8H2,1H3,(H,23,24)(H2,17,18,20)/t10-/m1/s1. The summed E-state index contributed by atoms with van der Waals surface area (Å²) in [7, 11) is 0. The summed E-state index contributed by atoms with van der Waals surface area (Å²) >= 11 is 0. The lowest BCUT2D eigenvalue weighted by molar-refractivity contribution is 0.133. The highest BCUT2D eigenvalue weighted by Crippen LogP contribution is 2.33. The van der Waals surface area contributed by atoms with E-state index in [1.165, 1.54) is 4.90 Å². The van der Waals surface area contributed by atoms with Crippen molar-refractivity contribution >= 4 is 22.8 Å². The lowest BCUT2D eigenvalue weighted by Crippen LogP contribution is -2.44. The first-order valence-electron chi connectivity index (χ1n) is 8.13. The fourth-order valence-corrected chi connectivity index (χ4v) is 3.20. The first-order chi connectivity index (χ1) is 12.1. The molecule has 0 aromatic carbocycles. The number of pyridine rings is 1. The third-order valence-electron chi connectivity index (χ3n) is 4.38. The summed E-state index contributed by atoms with van der Waals surface area (Å²) in [5.74, 6) is 0.936. The topological polar surface area (TPSA) is 120 Å². The molecule has 0 unspecified atom stereocenters. The largest absolute Gasteiger partial charge is 0.465 e. The zero-order valence-corrected chi connectivity index (χ0v) is 13.7. The maximum atomic E-state index is 11.3. The zero-order chi connectivity index (χ0) is 17.4. The van der Waals surface area contributed by atoms with Crippen molar-refractivity contribution < 1.29 is 14.4 Å². The van der Waals surface area contributed by atoms with Gasteiger partial charge in [-0.15, -0.1) is 0 Å². The Labute approximate surface area is 143 Å². The molecular formula is C16H18N6O3. The summed E-state index contributed by atoms with van der Waals surface area (Å²) in [6.07, 6.45) is 4.32. The second-order valence-corrected chi connectivity index (χ2v) is 6.15. The lowest BCUT2D eigenvalue weighted by atomic mass is 10.0. The number of piperidine rings is 1. The van der Waals surface area contributed by atoms with Crippen LogP contribution in [-0.2, 0) is 0 Å². The summed E-state index contributed by atoms with van der Waals surface area (Å²) in [6, 6.07) is 1.93. The predicted molar refractivity (Wildman–Crippen MR) is 90.4 cm³/mol. The van der Waals surface area contributed by atoms with Crippen molar-refractivity contribution in [3.05, 3.63) is 24.3 Å². The molecule has 4 rings (SSSR count). The van der Waals surface area contributed by atoms with Crippen molar-refractivity contribution in [2.45, 2.75) is 25.8 Å². The summed E-state index contributed by atoms with van der Waals surface area (Å²) < 4.78 is 5.31. The van der Waals surface area contributed by atoms with Gasteiger partial charge in [-0.3, -0.25) is 0 Å². The van der Waals surface area contributed by atoms with Gasteiger partial charge < -0.3 is 24.8 Å². The molecule has 0 spiro atoms. The number of H-pyrrole nitrogens is 1. The molecule has 9 heteroatoms. The molecule has 9 nitrogen and oxygen atoms in total. The number of aryl methyl sites for hydroxylation is 1. The van der Waals surface area contributed by atoms with Crippen LogP contribution in [0.5, 0.6) is 0 Å². The smallest absolute Gasteiger partial charge is 0.407 e. The number of nitrogens with zero attached hydrogens (tertiary/aromatic N) is 4. The van der Waals surface area contributed by atoms with Gasteiger partial charge in [-0.1, -0.05) is 5.16 Å². The van der Waals surface area contributed by atoms with E-state index in [9.17, 15) is 9.90 Å². The van der Waals surface area contributed by atoms with Crippen LogP contribution in [0.25, 0.3) is 22.5 Å². The van der Waals surface area contributed by atoms with Gasteiger partial charge in [0.2, 0.25) is 0 Å². The van der Waals surface area contributed by atoms with E-state index in [-0.39, 0.29) is 6.04 Å². The number of fused-ring (bicyclic) bond motifs is 1. The van der Waals surface area contributed by atoms with Gasteiger partial charge in [0.15, 0.2) is 5.82 Å². The Morgan fingerprint density at radius 2 is 2.40 bits per heavy atom. The van der Waals surface area contributed by atoms with Gasteiger partial charge in [-0.2, -0.15) is 4.98 Å². The molecule has 3 N–H and O–H groups in total. The number of aromatic nitrogens is 4. The predicted octanol–water partition coefficient (Wildman–Crippen LogP) is 2.48. The van der Waals surface area contributed by atoms with Gasteiger partial charge >= 0.3 is 6.09 Å². The Bertz CT molecular complexity index is 918. The molecule has 0 saturated carbocycles. The molecule has 130 valence electrons. The molecule has 1 fully saturated rings. The van der Waals surface area contributed by atoms with Crippen molar-refractivity contribution in [3.63, 3.8) is 0 Å². The molecule has 0 radical (unpaired) electrons. The van der Waals surface area contributed by atoms with E-state index in [0.29, 0.717) is 30.4 Å². The van der Waals surface area contributed by atoms with Crippen molar-refractivity contribution in [1.82, 2.24) is 25.0 Å². The normalized spacial score (nSPS) is 17.8. The highest BCUT2D eigenvalue weighted by molar-refractivity contribution is 5.97. The van der Waals surface area contributed by atoms with Crippen molar-refractivity contribution in [2.75, 3.05) is 18.4 Å². The monoisotopic (exact) mass is 342 g/mol. The molecule has 0 bridgehead atoms. The van der Waals surface area contributed by atoms with Crippen molar-refractivity contribution in [3.8, 4) is 11.5 Å². The third-order valence-corrected chi connectivity index (χ3v) is 4.38. The highest BCUT2D eigenvalue weighted by Gasteiger charge is 2.25. The van der Waals surface area contributed by atoms with Crippen LogP contribution in [0.4, 0.5) is 10.5 Å². The van der Waals surface area contributed by atoms with Crippen LogP contribution in [-0.4, -0.2) is 55.3 Å². The number of amides is 1. The number of aromatic amines is 1. The van der Waals surface area contributed by atoms with Crippen LogP contribution in [0, 0.1) is 6.92 Å². The van der Waals surface area contributed by atoms with Crippen molar-refractivity contribution in [1.29, 1.82) is 0 Å².